The molecular formula is C11H15NO2. The standard InChI is InChI=1S/C11H15NO2/c12-11(13)8-4-5-9-14-10-6-2-1-3-7-10/h1-3,6-7H,4-5,8-9H2,(H2,12,13). The molecule has 1 aromatic rings. The number of hydrogen-bond donors (Lipinski definition) is 1. The molecule has 0 atom stereocenters. The fourth-order valence-electron chi connectivity index (χ4n) is 1.11. The first kappa shape index (κ1) is 10.6. The van der Waals surface area contributed by atoms with Gasteiger partial charge in [0.25, 0.3) is 0 Å². The average molecular weight is 193 g/mol. The van der Waals surface area contributed by atoms with Gasteiger partial charge in [0.05, 0.1) is 6.61 Å². The molecule has 0 heterocycles. The summed E-state index contributed by atoms with van der Waals surface area (Å²) >= 11 is 0. The van der Waals surface area contributed by atoms with Crippen LogP contribution in [0.5, 0.6) is 5.75 Å². The van der Waals surface area contributed by atoms with Crippen LogP contribution >= 0.6 is 0 Å². The minimum absolute atomic E-state index is 0.246. The van der Waals surface area contributed by atoms with Crippen molar-refractivity contribution in [3.63, 3.8) is 0 Å². The molecule has 0 spiro atoms. The van der Waals surface area contributed by atoms with Crippen LogP contribution in [0.1, 0.15) is 19.3 Å². The Bertz CT molecular complexity index is 272. The van der Waals surface area contributed by atoms with Crippen LogP contribution in [0.25, 0.3) is 0 Å². The van der Waals surface area contributed by atoms with Crippen molar-refractivity contribution in [2.45, 2.75) is 19.3 Å². The van der Waals surface area contributed by atoms with Crippen molar-refractivity contribution < 1.29 is 9.53 Å². The molecule has 76 valence electrons. The van der Waals surface area contributed by atoms with Gasteiger partial charge in [0.1, 0.15) is 5.75 Å². The van der Waals surface area contributed by atoms with Crippen LogP contribution in [0.2, 0.25) is 0 Å². The van der Waals surface area contributed by atoms with E-state index in [4.69, 9.17) is 10.5 Å². The van der Waals surface area contributed by atoms with Crippen molar-refractivity contribution in [1.29, 1.82) is 0 Å². The van der Waals surface area contributed by atoms with E-state index in [1.54, 1.807) is 0 Å². The number of carbonyl (C=O) groups is 1. The summed E-state index contributed by atoms with van der Waals surface area (Å²) in [7, 11) is 0. The number of ether oxygens (including phenoxy) is 1. The van der Waals surface area contributed by atoms with E-state index in [9.17, 15) is 4.79 Å². The summed E-state index contributed by atoms with van der Waals surface area (Å²) in [5.41, 5.74) is 5.01. The minimum atomic E-state index is -0.246. The Morgan fingerprint density at radius 2 is 1.93 bits per heavy atom. The highest BCUT2D eigenvalue weighted by atomic mass is 16.5. The zero-order valence-electron chi connectivity index (χ0n) is 8.11. The molecule has 0 aliphatic carbocycles. The molecule has 0 saturated heterocycles. The van der Waals surface area contributed by atoms with Gasteiger partial charge in [-0.05, 0) is 25.0 Å². The highest BCUT2D eigenvalue weighted by Crippen LogP contribution is 2.08. The Hall–Kier alpha value is -1.51. The average Bonchev–Trinajstić information content (AvgIpc) is 2.18. The molecule has 0 aliphatic heterocycles. The summed E-state index contributed by atoms with van der Waals surface area (Å²) in [6, 6.07) is 9.62. The fourth-order valence-corrected chi connectivity index (χ4v) is 1.11. The Balaban J connectivity index is 2.08. The maximum absolute atomic E-state index is 10.4. The molecule has 1 rings (SSSR count). The van der Waals surface area contributed by atoms with E-state index in [0.717, 1.165) is 18.6 Å². The van der Waals surface area contributed by atoms with Gasteiger partial charge in [-0.1, -0.05) is 18.2 Å². The minimum Gasteiger partial charge on any atom is -0.494 e. The third-order valence-corrected chi connectivity index (χ3v) is 1.83. The Labute approximate surface area is 83.9 Å². The van der Waals surface area contributed by atoms with Gasteiger partial charge in [0.2, 0.25) is 5.91 Å². The van der Waals surface area contributed by atoms with Gasteiger partial charge in [-0.3, -0.25) is 4.79 Å². The lowest BCUT2D eigenvalue weighted by molar-refractivity contribution is -0.118. The van der Waals surface area contributed by atoms with Gasteiger partial charge in [-0.25, -0.2) is 0 Å². The Kier molecular flexibility index (Phi) is 4.55. The van der Waals surface area contributed by atoms with Crippen molar-refractivity contribution in [3.8, 4) is 5.75 Å². The maximum atomic E-state index is 10.4. The van der Waals surface area contributed by atoms with Crippen molar-refractivity contribution in [2.75, 3.05) is 6.61 Å². The lowest BCUT2D eigenvalue weighted by atomic mass is 10.2. The monoisotopic (exact) mass is 193 g/mol. The predicted molar refractivity (Wildman–Crippen MR) is 55.0 cm³/mol. The molecule has 0 fully saturated rings. The van der Waals surface area contributed by atoms with Gasteiger partial charge < -0.3 is 10.5 Å². The first-order chi connectivity index (χ1) is 6.79. The van der Waals surface area contributed by atoms with Crippen LogP contribution in [-0.2, 0) is 4.79 Å². The normalized spacial score (nSPS) is 9.71. The van der Waals surface area contributed by atoms with Crippen LogP contribution in [0, 0.1) is 0 Å². The zero-order chi connectivity index (χ0) is 10.2. The number of nitrogens with two attached hydrogens (primary N) is 1. The summed E-state index contributed by atoms with van der Waals surface area (Å²) in [6.45, 7) is 0.636. The molecule has 14 heavy (non-hydrogen) atoms. The van der Waals surface area contributed by atoms with E-state index in [1.165, 1.54) is 0 Å². The smallest absolute Gasteiger partial charge is 0.217 e. The third-order valence-electron chi connectivity index (χ3n) is 1.83. The molecule has 0 saturated carbocycles. The van der Waals surface area contributed by atoms with Gasteiger partial charge in [-0.15, -0.1) is 0 Å². The quantitative estimate of drug-likeness (QED) is 0.699. The molecule has 3 heteroatoms. The van der Waals surface area contributed by atoms with Crippen molar-refractivity contribution in [1.82, 2.24) is 0 Å². The van der Waals surface area contributed by atoms with E-state index in [0.29, 0.717) is 13.0 Å². The molecule has 2 N–H and O–H groups in total. The summed E-state index contributed by atoms with van der Waals surface area (Å²) in [6.07, 6.45) is 2.10. The number of carbonyl (C=O) groups excluding carboxylic acids is 1. The topological polar surface area (TPSA) is 52.3 Å². The van der Waals surface area contributed by atoms with Crippen molar-refractivity contribution >= 4 is 5.91 Å². The molecule has 1 amide bonds. The molecule has 0 unspecified atom stereocenters. The Morgan fingerprint density at radius 1 is 1.21 bits per heavy atom. The Morgan fingerprint density at radius 3 is 2.57 bits per heavy atom. The first-order valence-electron chi connectivity index (χ1n) is 4.75. The number of benzene rings is 1. The molecule has 0 bridgehead atoms. The number of para-hydroxylation sites is 1. The molecule has 0 aliphatic rings. The number of amides is 1. The lowest BCUT2D eigenvalue weighted by Gasteiger charge is -2.04. The van der Waals surface area contributed by atoms with E-state index < -0.39 is 0 Å². The first-order valence-corrected chi connectivity index (χ1v) is 4.75. The summed E-state index contributed by atoms with van der Waals surface area (Å²) in [5.74, 6) is 0.622. The van der Waals surface area contributed by atoms with Gasteiger partial charge in [0.15, 0.2) is 0 Å². The van der Waals surface area contributed by atoms with E-state index in [1.807, 2.05) is 30.3 Å². The van der Waals surface area contributed by atoms with Crippen LogP contribution in [0.15, 0.2) is 30.3 Å². The van der Waals surface area contributed by atoms with Gasteiger partial charge in [0, 0.05) is 6.42 Å². The lowest BCUT2D eigenvalue weighted by Crippen LogP contribution is -2.10. The van der Waals surface area contributed by atoms with E-state index >= 15 is 0 Å². The maximum Gasteiger partial charge on any atom is 0.217 e. The summed E-state index contributed by atoms with van der Waals surface area (Å²) < 4.78 is 5.44. The predicted octanol–water partition coefficient (Wildman–Crippen LogP) is 1.72. The van der Waals surface area contributed by atoms with Crippen molar-refractivity contribution in [2.24, 2.45) is 5.73 Å². The van der Waals surface area contributed by atoms with Gasteiger partial charge in [-0.2, -0.15) is 0 Å². The third kappa shape index (κ3) is 4.50. The molecule has 1 aromatic carbocycles. The molecule has 0 aromatic heterocycles. The van der Waals surface area contributed by atoms with E-state index in [-0.39, 0.29) is 5.91 Å². The zero-order valence-corrected chi connectivity index (χ0v) is 8.11. The second kappa shape index (κ2) is 6.02. The van der Waals surface area contributed by atoms with Crippen molar-refractivity contribution in [3.05, 3.63) is 30.3 Å². The number of rotatable bonds is 6. The largest absolute Gasteiger partial charge is 0.494 e. The SMILES string of the molecule is NC(=O)CCCCOc1ccccc1. The second-order valence-corrected chi connectivity index (χ2v) is 3.08. The highest BCUT2D eigenvalue weighted by molar-refractivity contribution is 5.73. The molecule has 0 radical (unpaired) electrons. The van der Waals surface area contributed by atoms with Gasteiger partial charge >= 0.3 is 0 Å². The van der Waals surface area contributed by atoms with Crippen LogP contribution < -0.4 is 10.5 Å². The highest BCUT2D eigenvalue weighted by Gasteiger charge is 1.95. The van der Waals surface area contributed by atoms with Crippen LogP contribution in [-0.4, -0.2) is 12.5 Å². The second-order valence-electron chi connectivity index (χ2n) is 3.08. The number of hydrogen-bond acceptors (Lipinski definition) is 2. The fraction of sp³-hybridized carbons (Fsp3) is 0.364. The van der Waals surface area contributed by atoms with Crippen LogP contribution in [0.3, 0.4) is 0 Å². The molecular weight excluding hydrogens is 178 g/mol. The number of unbranched alkanes of at least 4 members (excludes halogenated alkanes) is 1. The summed E-state index contributed by atoms with van der Waals surface area (Å²) in [4.78, 5) is 10.4. The van der Waals surface area contributed by atoms with E-state index in [2.05, 4.69) is 0 Å². The van der Waals surface area contributed by atoms with Crippen LogP contribution in [0.4, 0.5) is 0 Å². The summed E-state index contributed by atoms with van der Waals surface area (Å²) in [5, 5.41) is 0. The molecule has 3 nitrogen and oxygen atoms in total. The number of primary amides is 1.